The number of aromatic nitrogens is 1. The average Bonchev–Trinajstić information content (AvgIpc) is 2.68. The zero-order chi connectivity index (χ0) is 13.7. The van der Waals surface area contributed by atoms with Crippen LogP contribution in [0.25, 0.3) is 6.08 Å². The van der Waals surface area contributed by atoms with Crippen molar-refractivity contribution in [3.05, 3.63) is 22.2 Å². The van der Waals surface area contributed by atoms with Crippen LogP contribution in [0.4, 0.5) is 0 Å². The molecule has 1 amide bonds. The van der Waals surface area contributed by atoms with E-state index in [1.807, 2.05) is 12.3 Å². The molecule has 5 nitrogen and oxygen atoms in total. The number of aryl methyl sites for hydroxylation is 1. The van der Waals surface area contributed by atoms with E-state index >= 15 is 0 Å². The third-order valence-corrected chi connectivity index (χ3v) is 3.06. The lowest BCUT2D eigenvalue weighted by atomic mass is 10.0. The van der Waals surface area contributed by atoms with E-state index in [-0.39, 0.29) is 5.92 Å². The first-order valence-corrected chi connectivity index (χ1v) is 6.41. The summed E-state index contributed by atoms with van der Waals surface area (Å²) in [6, 6.07) is -0.876. The second-order valence-electron chi connectivity index (χ2n) is 4.19. The molecule has 0 radical (unpaired) electrons. The minimum absolute atomic E-state index is 0.165. The fraction of sp³-hybridized carbons (Fsp3) is 0.417. The van der Waals surface area contributed by atoms with Gasteiger partial charge in [0.2, 0.25) is 5.91 Å². The minimum Gasteiger partial charge on any atom is -0.480 e. The fourth-order valence-corrected chi connectivity index (χ4v) is 1.91. The highest BCUT2D eigenvalue weighted by molar-refractivity contribution is 7.09. The van der Waals surface area contributed by atoms with E-state index in [0.29, 0.717) is 5.69 Å². The molecule has 0 spiro atoms. The molecule has 0 saturated carbocycles. The van der Waals surface area contributed by atoms with Crippen molar-refractivity contribution in [2.45, 2.75) is 26.8 Å². The molecule has 2 N–H and O–H groups in total. The van der Waals surface area contributed by atoms with Crippen LogP contribution < -0.4 is 5.32 Å². The number of aliphatic carboxylic acids is 1. The number of nitrogens with zero attached hydrogens (tertiary/aromatic N) is 1. The molecule has 0 saturated heterocycles. The predicted octanol–water partition coefficient (Wildman–Crippen LogP) is 1.69. The summed E-state index contributed by atoms with van der Waals surface area (Å²) in [6.45, 7) is 5.36. The second-order valence-corrected chi connectivity index (χ2v) is 5.26. The molecule has 18 heavy (non-hydrogen) atoms. The number of thiazole rings is 1. The van der Waals surface area contributed by atoms with Gasteiger partial charge < -0.3 is 10.4 Å². The molecule has 6 heteroatoms. The van der Waals surface area contributed by atoms with Crippen molar-refractivity contribution in [3.8, 4) is 0 Å². The Bertz CT molecular complexity index is 466. The van der Waals surface area contributed by atoms with Crippen molar-refractivity contribution in [1.82, 2.24) is 10.3 Å². The summed E-state index contributed by atoms with van der Waals surface area (Å²) in [5.41, 5.74) is 0.698. The number of carbonyl (C=O) groups excluding carboxylic acids is 1. The summed E-state index contributed by atoms with van der Waals surface area (Å²) < 4.78 is 0. The van der Waals surface area contributed by atoms with Gasteiger partial charge in [-0.3, -0.25) is 4.79 Å². The van der Waals surface area contributed by atoms with Crippen LogP contribution in [0.5, 0.6) is 0 Å². The van der Waals surface area contributed by atoms with Gasteiger partial charge in [-0.05, 0) is 18.9 Å². The summed E-state index contributed by atoms with van der Waals surface area (Å²) in [4.78, 5) is 26.6. The highest BCUT2D eigenvalue weighted by atomic mass is 32.1. The number of amides is 1. The Hall–Kier alpha value is -1.69. The van der Waals surface area contributed by atoms with E-state index in [2.05, 4.69) is 10.3 Å². The van der Waals surface area contributed by atoms with Crippen LogP contribution in [0.2, 0.25) is 0 Å². The Morgan fingerprint density at radius 1 is 1.50 bits per heavy atom. The Morgan fingerprint density at radius 2 is 2.17 bits per heavy atom. The number of carbonyl (C=O) groups is 2. The maximum absolute atomic E-state index is 11.6. The molecule has 0 fully saturated rings. The van der Waals surface area contributed by atoms with Crippen LogP contribution in [0, 0.1) is 12.8 Å². The summed E-state index contributed by atoms with van der Waals surface area (Å²) in [5, 5.41) is 14.1. The van der Waals surface area contributed by atoms with E-state index in [1.165, 1.54) is 17.4 Å². The normalized spacial score (nSPS) is 12.9. The van der Waals surface area contributed by atoms with Crippen molar-refractivity contribution in [3.63, 3.8) is 0 Å². The van der Waals surface area contributed by atoms with Gasteiger partial charge in [0, 0.05) is 11.5 Å². The Balaban J connectivity index is 2.60. The monoisotopic (exact) mass is 268 g/mol. The number of nitrogens with one attached hydrogen (secondary N) is 1. The summed E-state index contributed by atoms with van der Waals surface area (Å²) in [7, 11) is 0. The smallest absolute Gasteiger partial charge is 0.326 e. The fourth-order valence-electron chi connectivity index (χ4n) is 1.33. The molecule has 1 aromatic heterocycles. The minimum atomic E-state index is -1.03. The van der Waals surface area contributed by atoms with Crippen LogP contribution in [0.1, 0.15) is 24.5 Å². The lowest BCUT2D eigenvalue weighted by molar-refractivity contribution is -0.142. The molecule has 1 heterocycles. The van der Waals surface area contributed by atoms with Crippen LogP contribution >= 0.6 is 11.3 Å². The van der Waals surface area contributed by atoms with Crippen molar-refractivity contribution >= 4 is 29.3 Å². The van der Waals surface area contributed by atoms with Crippen LogP contribution in [0.3, 0.4) is 0 Å². The molecule has 1 aromatic rings. The Kier molecular flexibility index (Phi) is 5.03. The molecule has 1 atom stereocenters. The number of carboxylic acid groups (broad SMARTS) is 1. The second kappa shape index (κ2) is 6.30. The maximum Gasteiger partial charge on any atom is 0.326 e. The van der Waals surface area contributed by atoms with Crippen molar-refractivity contribution < 1.29 is 14.7 Å². The number of rotatable bonds is 5. The van der Waals surface area contributed by atoms with Crippen LogP contribution in [-0.4, -0.2) is 28.0 Å². The van der Waals surface area contributed by atoms with E-state index in [9.17, 15) is 9.59 Å². The lowest BCUT2D eigenvalue weighted by Gasteiger charge is -2.16. The van der Waals surface area contributed by atoms with Crippen molar-refractivity contribution in [2.75, 3.05) is 0 Å². The highest BCUT2D eigenvalue weighted by Crippen LogP contribution is 2.09. The van der Waals surface area contributed by atoms with Crippen molar-refractivity contribution in [1.29, 1.82) is 0 Å². The molecular weight excluding hydrogens is 252 g/mol. The standard InChI is InChI=1S/C12H16N2O3S/c1-7(2)11(12(16)17)14-10(15)5-4-9-6-18-8(3)13-9/h4-7,11H,1-3H3,(H,14,15)(H,16,17)/t11-/m1/s1. The first-order chi connectivity index (χ1) is 8.40. The van der Waals surface area contributed by atoms with Gasteiger partial charge in [-0.25, -0.2) is 9.78 Å². The molecule has 0 aliphatic carbocycles. The first-order valence-electron chi connectivity index (χ1n) is 5.53. The molecule has 1 rings (SSSR count). The van der Waals surface area contributed by atoms with Gasteiger partial charge in [-0.2, -0.15) is 0 Å². The SMILES string of the molecule is Cc1nc(C=CC(=O)N[C@@H](C(=O)O)C(C)C)cs1. The van der Waals surface area contributed by atoms with Gasteiger partial charge in [0.1, 0.15) is 6.04 Å². The van der Waals surface area contributed by atoms with Gasteiger partial charge in [-0.1, -0.05) is 13.8 Å². The third-order valence-electron chi connectivity index (χ3n) is 2.27. The Morgan fingerprint density at radius 3 is 2.61 bits per heavy atom. The summed E-state index contributed by atoms with van der Waals surface area (Å²) >= 11 is 1.49. The number of hydrogen-bond donors (Lipinski definition) is 2. The average molecular weight is 268 g/mol. The van der Waals surface area contributed by atoms with Gasteiger partial charge in [0.15, 0.2) is 0 Å². The quantitative estimate of drug-likeness (QED) is 0.796. The molecule has 0 unspecified atom stereocenters. The predicted molar refractivity (Wildman–Crippen MR) is 70.3 cm³/mol. The van der Waals surface area contributed by atoms with E-state index in [1.54, 1.807) is 19.9 Å². The van der Waals surface area contributed by atoms with Crippen molar-refractivity contribution in [2.24, 2.45) is 5.92 Å². The molecule has 0 bridgehead atoms. The number of hydrogen-bond acceptors (Lipinski definition) is 4. The largest absolute Gasteiger partial charge is 0.480 e. The van der Waals surface area contributed by atoms with Gasteiger partial charge in [-0.15, -0.1) is 11.3 Å². The summed E-state index contributed by atoms with van der Waals surface area (Å²) in [6.07, 6.45) is 2.87. The first kappa shape index (κ1) is 14.4. The molecule has 0 aliphatic rings. The zero-order valence-electron chi connectivity index (χ0n) is 10.5. The lowest BCUT2D eigenvalue weighted by Crippen LogP contribution is -2.43. The molecule has 0 aromatic carbocycles. The number of carboxylic acids is 1. The van der Waals surface area contributed by atoms with Crippen LogP contribution in [0.15, 0.2) is 11.5 Å². The topological polar surface area (TPSA) is 79.3 Å². The third kappa shape index (κ3) is 4.29. The van der Waals surface area contributed by atoms with Crippen LogP contribution in [-0.2, 0) is 9.59 Å². The highest BCUT2D eigenvalue weighted by Gasteiger charge is 2.22. The van der Waals surface area contributed by atoms with Gasteiger partial charge in [0.05, 0.1) is 10.7 Å². The van der Waals surface area contributed by atoms with E-state index < -0.39 is 17.9 Å². The summed E-state index contributed by atoms with van der Waals surface area (Å²) in [5.74, 6) is -1.63. The zero-order valence-corrected chi connectivity index (χ0v) is 11.3. The molecule has 0 aliphatic heterocycles. The maximum atomic E-state index is 11.6. The van der Waals surface area contributed by atoms with E-state index in [4.69, 9.17) is 5.11 Å². The molecule has 98 valence electrons. The Labute approximate surface area is 110 Å². The van der Waals surface area contributed by atoms with E-state index in [0.717, 1.165) is 5.01 Å². The van der Waals surface area contributed by atoms with Gasteiger partial charge >= 0.3 is 5.97 Å². The van der Waals surface area contributed by atoms with Gasteiger partial charge in [0.25, 0.3) is 0 Å². The molecular formula is C12H16N2O3S.